The van der Waals surface area contributed by atoms with Crippen LogP contribution in [0.15, 0.2) is 24.3 Å². The molecule has 2 rings (SSSR count). The van der Waals surface area contributed by atoms with Gasteiger partial charge in [-0.15, -0.1) is 0 Å². The number of rotatable bonds is 2. The molecule has 0 aromatic heterocycles. The summed E-state index contributed by atoms with van der Waals surface area (Å²) >= 11 is 0. The van der Waals surface area contributed by atoms with Gasteiger partial charge in [0.2, 0.25) is 0 Å². The zero-order chi connectivity index (χ0) is 15.4. The van der Waals surface area contributed by atoms with E-state index in [9.17, 15) is 0 Å². The zero-order valence-electron chi connectivity index (χ0n) is 14.1. The van der Waals surface area contributed by atoms with Crippen molar-refractivity contribution in [2.24, 2.45) is 0 Å². The van der Waals surface area contributed by atoms with Crippen LogP contribution < -0.4 is 9.64 Å². The zero-order valence-corrected chi connectivity index (χ0v) is 14.1. The first kappa shape index (κ1) is 18.8. The van der Waals surface area contributed by atoms with E-state index < -0.39 is 0 Å². The van der Waals surface area contributed by atoms with Crippen molar-refractivity contribution in [3.8, 4) is 5.75 Å². The van der Waals surface area contributed by atoms with E-state index in [2.05, 4.69) is 35.0 Å². The molecule has 1 fully saturated rings. The van der Waals surface area contributed by atoms with Gasteiger partial charge in [-0.05, 0) is 32.1 Å². The summed E-state index contributed by atoms with van der Waals surface area (Å²) in [5.41, 5.74) is 1.27. The second kappa shape index (κ2) is 11.6. The molecule has 0 unspecified atom stereocenters. The van der Waals surface area contributed by atoms with Gasteiger partial charge in [0.05, 0.1) is 7.11 Å². The van der Waals surface area contributed by atoms with Crippen LogP contribution in [0.2, 0.25) is 0 Å². The average molecular weight is 280 g/mol. The third kappa shape index (κ3) is 6.29. The molecule has 20 heavy (non-hydrogen) atoms. The highest BCUT2D eigenvalue weighted by Gasteiger charge is 2.12. The number of nitrogens with zero attached hydrogens (tertiary/aromatic N) is 2. The molecule has 1 aromatic rings. The summed E-state index contributed by atoms with van der Waals surface area (Å²) in [5, 5.41) is 0. The molecule has 0 radical (unpaired) electrons. The van der Waals surface area contributed by atoms with Gasteiger partial charge in [0.15, 0.2) is 0 Å². The number of ether oxygens (including phenoxy) is 1. The fourth-order valence-corrected chi connectivity index (χ4v) is 2.11. The molecule has 0 spiro atoms. The number of benzene rings is 1. The van der Waals surface area contributed by atoms with E-state index in [-0.39, 0.29) is 0 Å². The van der Waals surface area contributed by atoms with Gasteiger partial charge in [0, 0.05) is 31.4 Å². The van der Waals surface area contributed by atoms with Crippen LogP contribution >= 0.6 is 0 Å². The lowest BCUT2D eigenvalue weighted by Gasteiger charge is -2.23. The van der Waals surface area contributed by atoms with E-state index in [1.165, 1.54) is 18.7 Å². The molecule has 0 bridgehead atoms. The Kier molecular flexibility index (Phi) is 10.9. The van der Waals surface area contributed by atoms with Crippen molar-refractivity contribution in [3.63, 3.8) is 0 Å². The van der Waals surface area contributed by atoms with Crippen molar-refractivity contribution in [3.05, 3.63) is 24.3 Å². The van der Waals surface area contributed by atoms with Crippen molar-refractivity contribution in [1.82, 2.24) is 4.90 Å². The maximum atomic E-state index is 5.26. The van der Waals surface area contributed by atoms with Crippen LogP contribution in [0.1, 0.15) is 34.1 Å². The molecule has 3 nitrogen and oxygen atoms in total. The SMILES string of the molecule is CC.CC.COc1cccc(N2CCCN(C)CC2)c1. The molecule has 1 heterocycles. The first-order valence-electron chi connectivity index (χ1n) is 7.87. The lowest BCUT2D eigenvalue weighted by molar-refractivity contribution is 0.360. The molecular formula is C17H32N2O. The van der Waals surface area contributed by atoms with Crippen LogP contribution in [0.5, 0.6) is 5.75 Å². The maximum Gasteiger partial charge on any atom is 0.120 e. The van der Waals surface area contributed by atoms with Gasteiger partial charge in [-0.1, -0.05) is 33.8 Å². The Morgan fingerprint density at radius 2 is 1.65 bits per heavy atom. The second-order valence-corrected chi connectivity index (χ2v) is 4.35. The van der Waals surface area contributed by atoms with E-state index >= 15 is 0 Å². The normalized spacial score (nSPS) is 15.2. The third-order valence-electron chi connectivity index (χ3n) is 3.14. The third-order valence-corrected chi connectivity index (χ3v) is 3.14. The molecule has 0 amide bonds. The monoisotopic (exact) mass is 280 g/mol. The van der Waals surface area contributed by atoms with Crippen LogP contribution in [0.3, 0.4) is 0 Å². The summed E-state index contributed by atoms with van der Waals surface area (Å²) in [6.45, 7) is 12.6. The van der Waals surface area contributed by atoms with Crippen LogP contribution in [0.25, 0.3) is 0 Å². The molecule has 116 valence electrons. The van der Waals surface area contributed by atoms with Crippen molar-refractivity contribution in [1.29, 1.82) is 0 Å². The number of likely N-dealkylation sites (N-methyl/N-ethyl adjacent to an activating group) is 1. The minimum Gasteiger partial charge on any atom is -0.497 e. The largest absolute Gasteiger partial charge is 0.497 e. The predicted molar refractivity (Wildman–Crippen MR) is 90.0 cm³/mol. The Balaban J connectivity index is 0.000000829. The summed E-state index contributed by atoms with van der Waals surface area (Å²) < 4.78 is 5.26. The van der Waals surface area contributed by atoms with Crippen LogP contribution in [-0.4, -0.2) is 45.2 Å². The molecule has 0 saturated carbocycles. The van der Waals surface area contributed by atoms with Crippen molar-refractivity contribution >= 4 is 5.69 Å². The summed E-state index contributed by atoms with van der Waals surface area (Å²) in [6, 6.07) is 8.33. The fourth-order valence-electron chi connectivity index (χ4n) is 2.11. The smallest absolute Gasteiger partial charge is 0.120 e. The molecule has 1 aromatic carbocycles. The lowest BCUT2D eigenvalue weighted by Crippen LogP contribution is -2.28. The van der Waals surface area contributed by atoms with E-state index in [4.69, 9.17) is 4.74 Å². The van der Waals surface area contributed by atoms with E-state index in [1.807, 2.05) is 33.8 Å². The van der Waals surface area contributed by atoms with Crippen LogP contribution in [-0.2, 0) is 0 Å². The maximum absolute atomic E-state index is 5.26. The fraction of sp³-hybridized carbons (Fsp3) is 0.647. The highest BCUT2D eigenvalue weighted by atomic mass is 16.5. The minimum atomic E-state index is 0.940. The van der Waals surface area contributed by atoms with Crippen LogP contribution in [0, 0.1) is 0 Å². The molecule has 0 atom stereocenters. The van der Waals surface area contributed by atoms with Gasteiger partial charge in [0.1, 0.15) is 5.75 Å². The van der Waals surface area contributed by atoms with Gasteiger partial charge in [-0.2, -0.15) is 0 Å². The van der Waals surface area contributed by atoms with Gasteiger partial charge in [-0.25, -0.2) is 0 Å². The Labute approximate surface area is 125 Å². The highest BCUT2D eigenvalue weighted by molar-refractivity contribution is 5.50. The Hall–Kier alpha value is -1.22. The second-order valence-electron chi connectivity index (χ2n) is 4.35. The highest BCUT2D eigenvalue weighted by Crippen LogP contribution is 2.21. The predicted octanol–water partition coefficient (Wildman–Crippen LogP) is 3.89. The summed E-state index contributed by atoms with van der Waals surface area (Å²) in [6.07, 6.45) is 1.23. The van der Waals surface area contributed by atoms with Crippen molar-refractivity contribution in [2.45, 2.75) is 34.1 Å². The molecular weight excluding hydrogens is 248 g/mol. The molecule has 0 N–H and O–H groups in total. The van der Waals surface area contributed by atoms with Crippen LogP contribution in [0.4, 0.5) is 5.69 Å². The first-order chi connectivity index (χ1) is 9.79. The van der Waals surface area contributed by atoms with Gasteiger partial charge >= 0.3 is 0 Å². The lowest BCUT2D eigenvalue weighted by atomic mass is 10.2. The van der Waals surface area contributed by atoms with E-state index in [1.54, 1.807) is 7.11 Å². The first-order valence-corrected chi connectivity index (χ1v) is 7.87. The Morgan fingerprint density at radius 3 is 2.30 bits per heavy atom. The topological polar surface area (TPSA) is 15.7 Å². The molecule has 1 aliphatic rings. The quantitative estimate of drug-likeness (QED) is 0.817. The van der Waals surface area contributed by atoms with Gasteiger partial charge in [0.25, 0.3) is 0 Å². The van der Waals surface area contributed by atoms with E-state index in [0.717, 1.165) is 25.4 Å². The summed E-state index contributed by atoms with van der Waals surface area (Å²) in [5.74, 6) is 0.940. The average Bonchev–Trinajstić information content (AvgIpc) is 2.76. The molecule has 3 heteroatoms. The van der Waals surface area contributed by atoms with Crippen molar-refractivity contribution in [2.75, 3.05) is 45.2 Å². The number of anilines is 1. The van der Waals surface area contributed by atoms with Gasteiger partial charge in [-0.3, -0.25) is 0 Å². The number of hydrogen-bond donors (Lipinski definition) is 0. The molecule has 1 aliphatic heterocycles. The summed E-state index contributed by atoms with van der Waals surface area (Å²) in [7, 11) is 3.91. The number of hydrogen-bond acceptors (Lipinski definition) is 3. The van der Waals surface area contributed by atoms with Gasteiger partial charge < -0.3 is 14.5 Å². The Bertz CT molecular complexity index is 342. The molecule has 0 aliphatic carbocycles. The summed E-state index contributed by atoms with van der Waals surface area (Å²) in [4.78, 5) is 4.83. The van der Waals surface area contributed by atoms with E-state index in [0.29, 0.717) is 0 Å². The Morgan fingerprint density at radius 1 is 0.950 bits per heavy atom. The number of methoxy groups -OCH3 is 1. The van der Waals surface area contributed by atoms with Crippen molar-refractivity contribution < 1.29 is 4.74 Å². The molecule has 1 saturated heterocycles. The standard InChI is InChI=1S/C13H20N2O.2C2H6/c1-14-7-4-8-15(10-9-14)12-5-3-6-13(11-12)16-2;2*1-2/h3,5-6,11H,4,7-10H2,1-2H3;2*1-2H3. The minimum absolute atomic E-state index is 0.940.